The molecule has 0 bridgehead atoms. The smallest absolute Gasteiger partial charge is 0.325 e. The van der Waals surface area contributed by atoms with Crippen LogP contribution in [0.4, 0.5) is 4.79 Å². The number of rotatable bonds is 5. The van der Waals surface area contributed by atoms with Crippen molar-refractivity contribution in [2.24, 2.45) is 5.92 Å². The molecule has 1 heterocycles. The quantitative estimate of drug-likeness (QED) is 0.771. The van der Waals surface area contributed by atoms with Gasteiger partial charge in [-0.05, 0) is 37.8 Å². The van der Waals surface area contributed by atoms with Crippen LogP contribution in [0.5, 0.6) is 5.75 Å². The van der Waals surface area contributed by atoms with E-state index in [1.807, 2.05) is 6.92 Å². The first-order chi connectivity index (χ1) is 11.9. The van der Waals surface area contributed by atoms with Crippen LogP contribution in [0.1, 0.15) is 39.0 Å². The van der Waals surface area contributed by atoms with Crippen molar-refractivity contribution < 1.29 is 14.3 Å². The van der Waals surface area contributed by atoms with Crippen LogP contribution >= 0.6 is 23.2 Å². The molecule has 1 saturated heterocycles. The van der Waals surface area contributed by atoms with Crippen molar-refractivity contribution in [3.05, 3.63) is 28.2 Å². The van der Waals surface area contributed by atoms with Crippen LogP contribution in [-0.4, -0.2) is 35.5 Å². The third-order valence-electron chi connectivity index (χ3n) is 5.20. The molecule has 2 fully saturated rings. The van der Waals surface area contributed by atoms with Crippen LogP contribution in [0.3, 0.4) is 0 Å². The molecule has 0 aromatic heterocycles. The number of carbonyl (C=O) groups is 2. The summed E-state index contributed by atoms with van der Waals surface area (Å²) in [4.78, 5) is 26.4. The number of halogens is 2. The third kappa shape index (κ3) is 3.58. The molecule has 1 aliphatic carbocycles. The average Bonchev–Trinajstić information content (AvgIpc) is 2.82. The molecule has 1 aliphatic heterocycles. The van der Waals surface area contributed by atoms with Gasteiger partial charge in [0.05, 0.1) is 16.6 Å². The van der Waals surface area contributed by atoms with E-state index in [0.29, 0.717) is 15.8 Å². The number of para-hydroxylation sites is 1. The summed E-state index contributed by atoms with van der Waals surface area (Å²) in [6.07, 6.45) is 5.37. The van der Waals surface area contributed by atoms with E-state index in [-0.39, 0.29) is 31.0 Å². The second-order valence-corrected chi connectivity index (χ2v) is 7.64. The fraction of sp³-hybridized carbons (Fsp3) is 0.556. The first kappa shape index (κ1) is 18.3. The predicted octanol–water partition coefficient (Wildman–Crippen LogP) is 4.26. The van der Waals surface area contributed by atoms with E-state index in [9.17, 15) is 9.59 Å². The molecule has 0 radical (unpaired) electrons. The molecule has 5 nitrogen and oxygen atoms in total. The van der Waals surface area contributed by atoms with Crippen LogP contribution in [0, 0.1) is 5.92 Å². The van der Waals surface area contributed by atoms with Crippen molar-refractivity contribution in [2.45, 2.75) is 44.6 Å². The molecule has 0 spiro atoms. The number of urea groups is 1. The van der Waals surface area contributed by atoms with E-state index in [4.69, 9.17) is 27.9 Å². The van der Waals surface area contributed by atoms with E-state index in [1.54, 1.807) is 18.2 Å². The molecule has 3 rings (SSSR count). The number of hydrogen-bond donors (Lipinski definition) is 1. The number of amides is 3. The summed E-state index contributed by atoms with van der Waals surface area (Å²) in [6, 6.07) is 4.73. The van der Waals surface area contributed by atoms with Crippen molar-refractivity contribution in [3.63, 3.8) is 0 Å². The van der Waals surface area contributed by atoms with Gasteiger partial charge in [-0.3, -0.25) is 9.69 Å². The standard InChI is InChI=1S/C18H22Cl2N2O3/c1-18(12-6-3-2-4-7-12)16(23)22(17(24)21-18)10-11-25-15-13(19)8-5-9-14(15)20/h5,8-9,12H,2-4,6-7,10-11H2,1H3,(H,21,24)/t18-/m0/s1. The van der Waals surface area contributed by atoms with E-state index in [1.165, 1.54) is 11.3 Å². The molecule has 0 unspecified atom stereocenters. The number of nitrogens with zero attached hydrogens (tertiary/aromatic N) is 1. The van der Waals surface area contributed by atoms with Crippen molar-refractivity contribution in [1.29, 1.82) is 0 Å². The van der Waals surface area contributed by atoms with Crippen LogP contribution in [-0.2, 0) is 4.79 Å². The van der Waals surface area contributed by atoms with E-state index < -0.39 is 5.54 Å². The van der Waals surface area contributed by atoms with Crippen molar-refractivity contribution >= 4 is 35.1 Å². The Morgan fingerprint density at radius 2 is 1.84 bits per heavy atom. The Balaban J connectivity index is 1.63. The lowest BCUT2D eigenvalue weighted by Crippen LogP contribution is -2.51. The van der Waals surface area contributed by atoms with Gasteiger partial charge < -0.3 is 10.1 Å². The van der Waals surface area contributed by atoms with Gasteiger partial charge in [0.15, 0.2) is 5.75 Å². The lowest BCUT2D eigenvalue weighted by molar-refractivity contribution is -0.133. The third-order valence-corrected chi connectivity index (χ3v) is 5.80. The highest BCUT2D eigenvalue weighted by Gasteiger charge is 2.52. The largest absolute Gasteiger partial charge is 0.489 e. The molecular weight excluding hydrogens is 363 g/mol. The minimum Gasteiger partial charge on any atom is -0.489 e. The lowest BCUT2D eigenvalue weighted by Gasteiger charge is -2.34. The lowest BCUT2D eigenvalue weighted by atomic mass is 9.75. The zero-order chi connectivity index (χ0) is 18.0. The first-order valence-corrected chi connectivity index (χ1v) is 9.40. The summed E-state index contributed by atoms with van der Waals surface area (Å²) in [7, 11) is 0. The average molecular weight is 385 g/mol. The first-order valence-electron chi connectivity index (χ1n) is 8.64. The summed E-state index contributed by atoms with van der Waals surface area (Å²) in [5.41, 5.74) is -0.806. The maximum absolute atomic E-state index is 12.8. The minimum atomic E-state index is -0.806. The molecule has 1 atom stereocenters. The zero-order valence-electron chi connectivity index (χ0n) is 14.2. The highest BCUT2D eigenvalue weighted by Crippen LogP contribution is 2.36. The predicted molar refractivity (Wildman–Crippen MR) is 97.2 cm³/mol. The van der Waals surface area contributed by atoms with Crippen molar-refractivity contribution in [2.75, 3.05) is 13.2 Å². The zero-order valence-corrected chi connectivity index (χ0v) is 15.7. The van der Waals surface area contributed by atoms with E-state index >= 15 is 0 Å². The number of carbonyl (C=O) groups excluding carboxylic acids is 2. The van der Waals surface area contributed by atoms with Gasteiger partial charge in [0.25, 0.3) is 5.91 Å². The van der Waals surface area contributed by atoms with Gasteiger partial charge in [0, 0.05) is 0 Å². The highest BCUT2D eigenvalue weighted by atomic mass is 35.5. The van der Waals surface area contributed by atoms with Gasteiger partial charge in [0.1, 0.15) is 12.1 Å². The summed E-state index contributed by atoms with van der Waals surface area (Å²) in [6.45, 7) is 2.15. The fourth-order valence-corrected chi connectivity index (χ4v) is 4.24. The van der Waals surface area contributed by atoms with Crippen LogP contribution < -0.4 is 10.1 Å². The number of nitrogens with one attached hydrogen (secondary N) is 1. The fourth-order valence-electron chi connectivity index (χ4n) is 3.73. The van der Waals surface area contributed by atoms with Gasteiger partial charge in [-0.15, -0.1) is 0 Å². The Kier molecular flexibility index (Phi) is 5.44. The van der Waals surface area contributed by atoms with Crippen molar-refractivity contribution in [3.8, 4) is 5.75 Å². The minimum absolute atomic E-state index is 0.142. The van der Waals surface area contributed by atoms with Gasteiger partial charge in [-0.25, -0.2) is 4.79 Å². The normalized spacial score (nSPS) is 24.5. The molecule has 1 aromatic carbocycles. The van der Waals surface area contributed by atoms with Crippen LogP contribution in [0.2, 0.25) is 10.0 Å². The number of imide groups is 1. The topological polar surface area (TPSA) is 58.6 Å². The summed E-state index contributed by atoms with van der Waals surface area (Å²) >= 11 is 12.1. The second kappa shape index (κ2) is 7.42. The molecule has 1 saturated carbocycles. The van der Waals surface area contributed by atoms with E-state index in [2.05, 4.69) is 5.32 Å². The van der Waals surface area contributed by atoms with Gasteiger partial charge in [-0.1, -0.05) is 48.5 Å². The molecule has 25 heavy (non-hydrogen) atoms. The summed E-state index contributed by atoms with van der Waals surface area (Å²) in [5.74, 6) is 0.396. The SMILES string of the molecule is C[C@@]1(C2CCCCC2)NC(=O)N(CCOc2c(Cl)cccc2Cl)C1=O. The molecule has 1 N–H and O–H groups in total. The Labute approximate surface area is 157 Å². The monoisotopic (exact) mass is 384 g/mol. The number of benzene rings is 1. The Hall–Kier alpha value is -1.46. The Morgan fingerprint density at radius 1 is 1.20 bits per heavy atom. The maximum Gasteiger partial charge on any atom is 0.325 e. The van der Waals surface area contributed by atoms with Gasteiger partial charge in [-0.2, -0.15) is 0 Å². The van der Waals surface area contributed by atoms with Gasteiger partial charge >= 0.3 is 6.03 Å². The molecule has 3 amide bonds. The Morgan fingerprint density at radius 3 is 2.48 bits per heavy atom. The maximum atomic E-state index is 12.8. The molecule has 7 heteroatoms. The van der Waals surface area contributed by atoms with Gasteiger partial charge in [0.2, 0.25) is 0 Å². The number of ether oxygens (including phenoxy) is 1. The van der Waals surface area contributed by atoms with Crippen LogP contribution in [0.15, 0.2) is 18.2 Å². The molecule has 136 valence electrons. The van der Waals surface area contributed by atoms with Crippen molar-refractivity contribution in [1.82, 2.24) is 10.2 Å². The molecule has 2 aliphatic rings. The Bertz CT molecular complexity index is 656. The summed E-state index contributed by atoms with van der Waals surface area (Å²) in [5, 5.41) is 3.70. The van der Waals surface area contributed by atoms with Crippen LogP contribution in [0.25, 0.3) is 0 Å². The second-order valence-electron chi connectivity index (χ2n) is 6.82. The summed E-state index contributed by atoms with van der Waals surface area (Å²) < 4.78 is 5.60. The van der Waals surface area contributed by atoms with E-state index in [0.717, 1.165) is 25.7 Å². The highest BCUT2D eigenvalue weighted by molar-refractivity contribution is 6.37. The molecule has 1 aromatic rings. The number of hydrogen-bond acceptors (Lipinski definition) is 3. The molecular formula is C18H22Cl2N2O3.